The van der Waals surface area contributed by atoms with Crippen LogP contribution in [0.2, 0.25) is 0 Å². The zero-order valence-corrected chi connectivity index (χ0v) is 15.6. The summed E-state index contributed by atoms with van der Waals surface area (Å²) in [4.78, 5) is 26.0. The minimum atomic E-state index is -0.0407. The zero-order valence-electron chi connectivity index (χ0n) is 15.6. The van der Waals surface area contributed by atoms with Crippen molar-refractivity contribution < 1.29 is 24.0 Å². The molecule has 0 atom stereocenters. The summed E-state index contributed by atoms with van der Waals surface area (Å²) in [5.41, 5.74) is 1.52. The van der Waals surface area contributed by atoms with Crippen LogP contribution < -0.4 is 25.0 Å². The molecule has 3 N–H and O–H groups in total. The van der Waals surface area contributed by atoms with Crippen LogP contribution in [0.25, 0.3) is 0 Å². The van der Waals surface area contributed by atoms with E-state index in [0.29, 0.717) is 23.7 Å². The molecule has 0 unspecified atom stereocenters. The average Bonchev–Trinajstić information content (AvgIpc) is 3.17. The second-order valence-corrected chi connectivity index (χ2v) is 7.17. The average molecular weight is 382 g/mol. The van der Waals surface area contributed by atoms with E-state index in [9.17, 15) is 9.59 Å². The number of rotatable bonds is 5. The Balaban J connectivity index is 1.23. The third kappa shape index (κ3) is 4.43. The standard InChI is InChI=1S/C21H23N3O4/c25-20(22-17-6-7-18-19(12-17)28-14-27-18)13-24-10-8-15(9-11-24)21(26)23-16-4-2-1-3-5-16/h1-7,12,15H,8-11,13-14H2,(H,22,25)(H,23,26)/p+1. The van der Waals surface area contributed by atoms with Crippen molar-refractivity contribution in [2.24, 2.45) is 5.92 Å². The molecule has 0 saturated carbocycles. The van der Waals surface area contributed by atoms with Gasteiger partial charge in [-0.05, 0) is 24.3 Å². The monoisotopic (exact) mass is 382 g/mol. The van der Waals surface area contributed by atoms with Gasteiger partial charge in [0.2, 0.25) is 12.7 Å². The van der Waals surface area contributed by atoms with Crippen LogP contribution >= 0.6 is 0 Å². The Kier molecular flexibility index (Phi) is 5.43. The lowest BCUT2D eigenvalue weighted by atomic mass is 9.96. The number of carbonyl (C=O) groups excluding carboxylic acids is 2. The number of quaternary nitrogens is 1. The van der Waals surface area contributed by atoms with Gasteiger partial charge in [-0.2, -0.15) is 0 Å². The highest BCUT2D eigenvalue weighted by atomic mass is 16.7. The molecule has 28 heavy (non-hydrogen) atoms. The van der Waals surface area contributed by atoms with Crippen molar-refractivity contribution >= 4 is 23.2 Å². The Bertz CT molecular complexity index is 848. The normalized spacial score (nSPS) is 20.4. The van der Waals surface area contributed by atoms with Gasteiger partial charge < -0.3 is 25.0 Å². The van der Waals surface area contributed by atoms with Gasteiger partial charge in [0.1, 0.15) is 0 Å². The molecule has 7 nitrogen and oxygen atoms in total. The van der Waals surface area contributed by atoms with E-state index in [1.807, 2.05) is 30.3 Å². The van der Waals surface area contributed by atoms with Crippen LogP contribution in [0.3, 0.4) is 0 Å². The Morgan fingerprint density at radius 1 is 0.929 bits per heavy atom. The van der Waals surface area contributed by atoms with Gasteiger partial charge in [0.25, 0.3) is 5.91 Å². The molecule has 0 aromatic heterocycles. The van der Waals surface area contributed by atoms with Crippen LogP contribution in [-0.2, 0) is 9.59 Å². The Labute approximate surface area is 163 Å². The summed E-state index contributed by atoms with van der Waals surface area (Å²) in [6.45, 7) is 2.22. The van der Waals surface area contributed by atoms with Crippen LogP contribution in [0.1, 0.15) is 12.8 Å². The van der Waals surface area contributed by atoms with Crippen molar-refractivity contribution in [3.8, 4) is 11.5 Å². The number of fused-ring (bicyclic) bond motifs is 1. The molecule has 0 aliphatic carbocycles. The highest BCUT2D eigenvalue weighted by Crippen LogP contribution is 2.34. The molecule has 146 valence electrons. The number of carbonyl (C=O) groups is 2. The first-order valence-corrected chi connectivity index (χ1v) is 9.56. The van der Waals surface area contributed by atoms with E-state index in [1.54, 1.807) is 18.2 Å². The fraction of sp³-hybridized carbons (Fsp3) is 0.333. The number of benzene rings is 2. The second kappa shape index (κ2) is 8.31. The maximum absolute atomic E-state index is 12.4. The molecular formula is C21H24N3O4+. The molecule has 2 amide bonds. The highest BCUT2D eigenvalue weighted by molar-refractivity contribution is 5.93. The molecule has 1 fully saturated rings. The molecule has 2 heterocycles. The van der Waals surface area contributed by atoms with E-state index in [1.165, 1.54) is 4.90 Å². The first kappa shape index (κ1) is 18.3. The van der Waals surface area contributed by atoms with Gasteiger partial charge in [-0.25, -0.2) is 0 Å². The highest BCUT2D eigenvalue weighted by Gasteiger charge is 2.28. The van der Waals surface area contributed by atoms with Gasteiger partial charge in [0, 0.05) is 36.2 Å². The van der Waals surface area contributed by atoms with Gasteiger partial charge in [-0.3, -0.25) is 9.59 Å². The number of piperidine rings is 1. The Morgan fingerprint density at radius 2 is 1.68 bits per heavy atom. The SMILES string of the molecule is O=C(C[NH+]1CCC(C(=O)Nc2ccccc2)CC1)Nc1ccc2c(c1)OCO2. The van der Waals surface area contributed by atoms with Crippen LogP contribution in [-0.4, -0.2) is 38.2 Å². The predicted molar refractivity (Wildman–Crippen MR) is 105 cm³/mol. The van der Waals surface area contributed by atoms with Crippen molar-refractivity contribution in [2.75, 3.05) is 37.1 Å². The van der Waals surface area contributed by atoms with Crippen LogP contribution in [0, 0.1) is 5.92 Å². The van der Waals surface area contributed by atoms with Crippen LogP contribution in [0.4, 0.5) is 11.4 Å². The molecule has 1 saturated heterocycles. The number of para-hydroxylation sites is 1. The number of anilines is 2. The summed E-state index contributed by atoms with van der Waals surface area (Å²) >= 11 is 0. The zero-order chi connectivity index (χ0) is 19.3. The predicted octanol–water partition coefficient (Wildman–Crippen LogP) is 1.29. The van der Waals surface area contributed by atoms with Crippen molar-refractivity contribution in [2.45, 2.75) is 12.8 Å². The fourth-order valence-electron chi connectivity index (χ4n) is 3.64. The lowest BCUT2D eigenvalue weighted by Gasteiger charge is -2.28. The van der Waals surface area contributed by atoms with Crippen molar-refractivity contribution in [3.63, 3.8) is 0 Å². The van der Waals surface area contributed by atoms with Crippen LogP contribution in [0.15, 0.2) is 48.5 Å². The van der Waals surface area contributed by atoms with Gasteiger partial charge in [-0.15, -0.1) is 0 Å². The summed E-state index contributed by atoms with van der Waals surface area (Å²) in [7, 11) is 0. The fourth-order valence-corrected chi connectivity index (χ4v) is 3.64. The topological polar surface area (TPSA) is 81.1 Å². The Hall–Kier alpha value is -3.06. The molecule has 2 aromatic carbocycles. The van der Waals surface area contributed by atoms with Gasteiger partial charge in [-0.1, -0.05) is 18.2 Å². The lowest BCUT2D eigenvalue weighted by molar-refractivity contribution is -0.897. The molecular weight excluding hydrogens is 358 g/mol. The number of hydrogen-bond donors (Lipinski definition) is 3. The third-order valence-corrected chi connectivity index (χ3v) is 5.17. The summed E-state index contributed by atoms with van der Waals surface area (Å²) in [6.07, 6.45) is 1.57. The first-order valence-electron chi connectivity index (χ1n) is 9.56. The maximum atomic E-state index is 12.4. The van der Waals surface area contributed by atoms with E-state index in [-0.39, 0.29) is 24.5 Å². The minimum Gasteiger partial charge on any atom is -0.454 e. The maximum Gasteiger partial charge on any atom is 0.279 e. The van der Waals surface area contributed by atoms with Crippen LogP contribution in [0.5, 0.6) is 11.5 Å². The van der Waals surface area contributed by atoms with Gasteiger partial charge in [0.15, 0.2) is 18.0 Å². The molecule has 7 heteroatoms. The number of amides is 2. The quantitative estimate of drug-likeness (QED) is 0.728. The van der Waals surface area contributed by atoms with E-state index >= 15 is 0 Å². The number of hydrogen-bond acceptors (Lipinski definition) is 4. The number of likely N-dealkylation sites (tertiary alicyclic amines) is 1. The summed E-state index contributed by atoms with van der Waals surface area (Å²) in [6, 6.07) is 14.9. The first-order chi connectivity index (χ1) is 13.7. The summed E-state index contributed by atoms with van der Waals surface area (Å²) in [5, 5.41) is 5.88. The molecule has 2 aromatic rings. The van der Waals surface area contributed by atoms with Gasteiger partial charge in [0.05, 0.1) is 13.1 Å². The molecule has 0 bridgehead atoms. The van der Waals surface area contributed by atoms with Gasteiger partial charge >= 0.3 is 0 Å². The van der Waals surface area contributed by atoms with Crippen molar-refractivity contribution in [3.05, 3.63) is 48.5 Å². The number of ether oxygens (including phenoxy) is 2. The largest absolute Gasteiger partial charge is 0.454 e. The van der Waals surface area contributed by atoms with E-state index < -0.39 is 0 Å². The minimum absolute atomic E-state index is 0.000812. The second-order valence-electron chi connectivity index (χ2n) is 7.17. The van der Waals surface area contributed by atoms with Crippen molar-refractivity contribution in [1.82, 2.24) is 0 Å². The Morgan fingerprint density at radius 3 is 2.46 bits per heavy atom. The lowest BCUT2D eigenvalue weighted by Crippen LogP contribution is -3.14. The molecule has 2 aliphatic heterocycles. The summed E-state index contributed by atoms with van der Waals surface area (Å²) in [5.74, 6) is 1.37. The van der Waals surface area contributed by atoms with E-state index in [2.05, 4.69) is 10.6 Å². The third-order valence-electron chi connectivity index (χ3n) is 5.17. The smallest absolute Gasteiger partial charge is 0.279 e. The summed E-state index contributed by atoms with van der Waals surface area (Å²) < 4.78 is 10.6. The van der Waals surface area contributed by atoms with E-state index in [0.717, 1.165) is 31.6 Å². The molecule has 0 radical (unpaired) electrons. The number of nitrogens with one attached hydrogen (secondary N) is 3. The van der Waals surface area contributed by atoms with E-state index in [4.69, 9.17) is 9.47 Å². The molecule has 0 spiro atoms. The molecule has 4 rings (SSSR count). The van der Waals surface area contributed by atoms with Crippen molar-refractivity contribution in [1.29, 1.82) is 0 Å². The molecule has 2 aliphatic rings.